The van der Waals surface area contributed by atoms with Crippen LogP contribution in [0.15, 0.2) is 30.5 Å². The van der Waals surface area contributed by atoms with Gasteiger partial charge < -0.3 is 20.9 Å². The molecule has 4 N–H and O–H groups in total. The molecule has 1 aromatic carbocycles. The molecule has 1 aliphatic rings. The number of hydrogen-bond acceptors (Lipinski definition) is 5. The van der Waals surface area contributed by atoms with E-state index in [0.29, 0.717) is 31.9 Å². The van der Waals surface area contributed by atoms with Crippen LogP contribution >= 0.6 is 0 Å². The predicted octanol–water partition coefficient (Wildman–Crippen LogP) is 1.38. The van der Waals surface area contributed by atoms with E-state index in [1.807, 2.05) is 24.3 Å². The number of hydrogen-bond donors (Lipinski definition) is 3. The Morgan fingerprint density at radius 2 is 2.32 bits per heavy atom. The predicted molar refractivity (Wildman–Crippen MR) is 75.0 cm³/mol. The molecule has 1 aromatic heterocycles. The van der Waals surface area contributed by atoms with Crippen LogP contribution in [-0.2, 0) is 4.74 Å². The molecule has 5 nitrogen and oxygen atoms in total. The summed E-state index contributed by atoms with van der Waals surface area (Å²) in [6.45, 7) is 1.47. The number of ether oxygens (including phenoxy) is 1. The molecular formula is C14H17N3O2. The number of fused-ring (bicyclic) bond motifs is 1. The van der Waals surface area contributed by atoms with Gasteiger partial charge >= 0.3 is 0 Å². The van der Waals surface area contributed by atoms with Crippen LogP contribution in [0.3, 0.4) is 0 Å². The highest BCUT2D eigenvalue weighted by molar-refractivity contribution is 5.92. The topological polar surface area (TPSA) is 80.4 Å². The van der Waals surface area contributed by atoms with Crippen molar-refractivity contribution in [2.45, 2.75) is 12.0 Å². The molecule has 19 heavy (non-hydrogen) atoms. The number of nitrogens with zero attached hydrogens (tertiary/aromatic N) is 1. The fourth-order valence-electron chi connectivity index (χ4n) is 2.31. The average Bonchev–Trinajstić information content (AvgIpc) is 2.83. The first kappa shape index (κ1) is 12.2. The van der Waals surface area contributed by atoms with Gasteiger partial charge in [0.05, 0.1) is 12.1 Å². The second kappa shape index (κ2) is 4.68. The number of nitrogen functional groups attached to an aromatic ring is 1. The van der Waals surface area contributed by atoms with Crippen LogP contribution in [0.4, 0.5) is 11.4 Å². The first-order chi connectivity index (χ1) is 9.16. The third-order valence-electron chi connectivity index (χ3n) is 3.46. The highest BCUT2D eigenvalue weighted by Crippen LogP contribution is 2.25. The molecule has 0 aliphatic carbocycles. The number of benzene rings is 1. The average molecular weight is 259 g/mol. The third-order valence-corrected chi connectivity index (χ3v) is 3.46. The Hall–Kier alpha value is -1.85. The van der Waals surface area contributed by atoms with Gasteiger partial charge in [0.15, 0.2) is 0 Å². The SMILES string of the molecule is Nc1ccc2c(NCC3(O)CCOC3)ccnc2c1. The second-order valence-electron chi connectivity index (χ2n) is 5.02. The zero-order valence-electron chi connectivity index (χ0n) is 10.6. The molecule has 0 radical (unpaired) electrons. The minimum Gasteiger partial charge on any atom is -0.399 e. The Labute approximate surface area is 111 Å². The van der Waals surface area contributed by atoms with Gasteiger partial charge in [-0.25, -0.2) is 0 Å². The maximum atomic E-state index is 10.2. The summed E-state index contributed by atoms with van der Waals surface area (Å²) in [6, 6.07) is 7.53. The molecule has 100 valence electrons. The molecule has 0 bridgehead atoms. The first-order valence-electron chi connectivity index (χ1n) is 6.35. The second-order valence-corrected chi connectivity index (χ2v) is 5.02. The zero-order chi connectivity index (χ0) is 13.3. The number of aliphatic hydroxyl groups is 1. The van der Waals surface area contributed by atoms with Gasteiger partial charge in [0.2, 0.25) is 0 Å². The molecule has 1 unspecified atom stereocenters. The summed E-state index contributed by atoms with van der Waals surface area (Å²) in [5, 5.41) is 14.5. The van der Waals surface area contributed by atoms with Crippen LogP contribution in [0.25, 0.3) is 10.9 Å². The van der Waals surface area contributed by atoms with Gasteiger partial charge in [0.25, 0.3) is 0 Å². The lowest BCUT2D eigenvalue weighted by Crippen LogP contribution is -2.37. The maximum Gasteiger partial charge on any atom is 0.107 e. The summed E-state index contributed by atoms with van der Waals surface area (Å²) in [5.41, 5.74) is 7.47. The summed E-state index contributed by atoms with van der Waals surface area (Å²) in [5.74, 6) is 0. The number of pyridine rings is 1. The van der Waals surface area contributed by atoms with Crippen molar-refractivity contribution in [2.24, 2.45) is 0 Å². The van der Waals surface area contributed by atoms with Crippen molar-refractivity contribution in [3.05, 3.63) is 30.5 Å². The van der Waals surface area contributed by atoms with E-state index in [-0.39, 0.29) is 0 Å². The van der Waals surface area contributed by atoms with E-state index in [1.165, 1.54) is 0 Å². The lowest BCUT2D eigenvalue weighted by atomic mass is 10.0. The van der Waals surface area contributed by atoms with Crippen molar-refractivity contribution in [3.8, 4) is 0 Å². The van der Waals surface area contributed by atoms with Crippen LogP contribution in [0.2, 0.25) is 0 Å². The summed E-state index contributed by atoms with van der Waals surface area (Å²) in [6.07, 6.45) is 2.40. The van der Waals surface area contributed by atoms with Crippen LogP contribution < -0.4 is 11.1 Å². The molecule has 1 aliphatic heterocycles. The van der Waals surface area contributed by atoms with Crippen LogP contribution in [-0.4, -0.2) is 35.5 Å². The van der Waals surface area contributed by atoms with Gasteiger partial charge in [-0.3, -0.25) is 4.98 Å². The molecule has 1 atom stereocenters. The van der Waals surface area contributed by atoms with Crippen molar-refractivity contribution in [1.29, 1.82) is 0 Å². The smallest absolute Gasteiger partial charge is 0.107 e. The fourth-order valence-corrected chi connectivity index (χ4v) is 2.31. The van der Waals surface area contributed by atoms with Gasteiger partial charge in [-0.15, -0.1) is 0 Å². The van der Waals surface area contributed by atoms with E-state index < -0.39 is 5.60 Å². The van der Waals surface area contributed by atoms with Crippen LogP contribution in [0, 0.1) is 0 Å². The summed E-state index contributed by atoms with van der Waals surface area (Å²) in [7, 11) is 0. The van der Waals surface area contributed by atoms with Gasteiger partial charge in [0.1, 0.15) is 5.60 Å². The standard InChI is InChI=1S/C14H17N3O2/c15-10-1-2-11-12(3-5-16-13(11)7-10)17-8-14(18)4-6-19-9-14/h1-3,5,7,18H,4,6,8-9,15H2,(H,16,17). The minimum atomic E-state index is -0.774. The van der Waals surface area contributed by atoms with E-state index in [9.17, 15) is 5.11 Å². The van der Waals surface area contributed by atoms with E-state index in [0.717, 1.165) is 16.6 Å². The number of anilines is 2. The quantitative estimate of drug-likeness (QED) is 0.726. The molecule has 2 aromatic rings. The third kappa shape index (κ3) is 2.47. The van der Waals surface area contributed by atoms with Gasteiger partial charge in [-0.1, -0.05) is 0 Å². The van der Waals surface area contributed by atoms with Crippen molar-refractivity contribution in [1.82, 2.24) is 4.98 Å². The zero-order valence-corrected chi connectivity index (χ0v) is 10.6. The van der Waals surface area contributed by atoms with Crippen molar-refractivity contribution in [3.63, 3.8) is 0 Å². The molecule has 3 rings (SSSR count). The monoisotopic (exact) mass is 259 g/mol. The van der Waals surface area contributed by atoms with Gasteiger partial charge in [-0.2, -0.15) is 0 Å². The van der Waals surface area contributed by atoms with Gasteiger partial charge in [0, 0.05) is 42.5 Å². The normalized spacial score (nSPS) is 22.8. The van der Waals surface area contributed by atoms with E-state index in [4.69, 9.17) is 10.5 Å². The molecule has 1 fully saturated rings. The first-order valence-corrected chi connectivity index (χ1v) is 6.35. The van der Waals surface area contributed by atoms with Crippen molar-refractivity contribution < 1.29 is 9.84 Å². The van der Waals surface area contributed by atoms with Gasteiger partial charge in [-0.05, 0) is 24.3 Å². The Bertz CT molecular complexity index is 594. The van der Waals surface area contributed by atoms with Crippen molar-refractivity contribution in [2.75, 3.05) is 30.8 Å². The Kier molecular flexibility index (Phi) is 3.00. The summed E-state index contributed by atoms with van der Waals surface area (Å²) in [4.78, 5) is 4.29. The van der Waals surface area contributed by atoms with Crippen LogP contribution in [0.5, 0.6) is 0 Å². The van der Waals surface area contributed by atoms with E-state index in [2.05, 4.69) is 10.3 Å². The van der Waals surface area contributed by atoms with E-state index in [1.54, 1.807) is 6.20 Å². The molecule has 0 saturated carbocycles. The number of rotatable bonds is 3. The summed E-state index contributed by atoms with van der Waals surface area (Å²) >= 11 is 0. The molecule has 0 amide bonds. The minimum absolute atomic E-state index is 0.385. The largest absolute Gasteiger partial charge is 0.399 e. The number of aromatic nitrogens is 1. The molecule has 1 saturated heterocycles. The lowest BCUT2D eigenvalue weighted by molar-refractivity contribution is 0.0382. The molecular weight excluding hydrogens is 242 g/mol. The highest BCUT2D eigenvalue weighted by atomic mass is 16.5. The molecule has 5 heteroatoms. The molecule has 2 heterocycles. The number of nitrogens with one attached hydrogen (secondary N) is 1. The lowest BCUT2D eigenvalue weighted by Gasteiger charge is -2.22. The summed E-state index contributed by atoms with van der Waals surface area (Å²) < 4.78 is 5.23. The molecule has 0 spiro atoms. The van der Waals surface area contributed by atoms with Crippen molar-refractivity contribution >= 4 is 22.3 Å². The highest BCUT2D eigenvalue weighted by Gasteiger charge is 2.31. The van der Waals surface area contributed by atoms with Crippen LogP contribution in [0.1, 0.15) is 6.42 Å². The maximum absolute atomic E-state index is 10.2. The fraction of sp³-hybridized carbons (Fsp3) is 0.357. The Morgan fingerprint density at radius 1 is 1.42 bits per heavy atom. The Morgan fingerprint density at radius 3 is 3.11 bits per heavy atom. The number of nitrogens with two attached hydrogens (primary N) is 1. The van der Waals surface area contributed by atoms with E-state index >= 15 is 0 Å². The Balaban J connectivity index is 1.84.